The van der Waals surface area contributed by atoms with E-state index in [1.54, 1.807) is 10.9 Å². The predicted octanol–water partition coefficient (Wildman–Crippen LogP) is 1.66. The lowest BCUT2D eigenvalue weighted by molar-refractivity contribution is -0.115. The fraction of sp³-hybridized carbons (Fsp3) is 0.308. The standard InChI is InChI=1S/C13H16BrN5O/c14-11-4-1-2-5-12(11)17-13(20)10-15-6-3-8-19-9-7-16-18-19/h1-2,4-5,7,9,15H,3,6,8,10H2,(H,17,20). The van der Waals surface area contributed by atoms with Crippen molar-refractivity contribution in [3.63, 3.8) is 0 Å². The molecular formula is C13H16BrN5O. The predicted molar refractivity (Wildman–Crippen MR) is 80.3 cm³/mol. The fourth-order valence-corrected chi connectivity index (χ4v) is 2.06. The van der Waals surface area contributed by atoms with Gasteiger partial charge in [-0.15, -0.1) is 5.10 Å². The molecule has 7 heteroatoms. The van der Waals surface area contributed by atoms with Crippen LogP contribution in [-0.4, -0.2) is 34.0 Å². The molecule has 0 aliphatic rings. The van der Waals surface area contributed by atoms with Gasteiger partial charge in [-0.1, -0.05) is 17.3 Å². The number of anilines is 1. The second-order valence-corrected chi connectivity index (χ2v) is 5.08. The van der Waals surface area contributed by atoms with E-state index >= 15 is 0 Å². The number of carbonyl (C=O) groups is 1. The highest BCUT2D eigenvalue weighted by Crippen LogP contribution is 2.20. The number of benzene rings is 1. The number of aryl methyl sites for hydroxylation is 1. The molecule has 2 aromatic rings. The van der Waals surface area contributed by atoms with Crippen molar-refractivity contribution < 1.29 is 4.79 Å². The maximum Gasteiger partial charge on any atom is 0.238 e. The maximum atomic E-state index is 11.7. The summed E-state index contributed by atoms with van der Waals surface area (Å²) in [7, 11) is 0. The topological polar surface area (TPSA) is 71.8 Å². The van der Waals surface area contributed by atoms with Crippen LogP contribution >= 0.6 is 15.9 Å². The second-order valence-electron chi connectivity index (χ2n) is 4.22. The second kappa shape index (κ2) is 7.76. The minimum atomic E-state index is -0.0577. The molecule has 0 fully saturated rings. The van der Waals surface area contributed by atoms with Gasteiger partial charge in [0.2, 0.25) is 5.91 Å². The molecule has 0 atom stereocenters. The van der Waals surface area contributed by atoms with Crippen LogP contribution in [0.2, 0.25) is 0 Å². The summed E-state index contributed by atoms with van der Waals surface area (Å²) in [6.07, 6.45) is 4.36. The van der Waals surface area contributed by atoms with Crippen molar-refractivity contribution in [2.24, 2.45) is 0 Å². The molecule has 2 rings (SSSR count). The molecule has 0 radical (unpaired) electrons. The van der Waals surface area contributed by atoms with E-state index in [2.05, 4.69) is 36.9 Å². The molecule has 0 aliphatic carbocycles. The summed E-state index contributed by atoms with van der Waals surface area (Å²) in [6.45, 7) is 1.83. The van der Waals surface area contributed by atoms with Crippen molar-refractivity contribution in [2.45, 2.75) is 13.0 Å². The van der Waals surface area contributed by atoms with Crippen LogP contribution in [0.4, 0.5) is 5.69 Å². The first-order chi connectivity index (χ1) is 9.75. The number of nitrogens with zero attached hydrogens (tertiary/aromatic N) is 3. The van der Waals surface area contributed by atoms with Crippen LogP contribution in [0.25, 0.3) is 0 Å². The molecule has 0 saturated carbocycles. The molecule has 1 aromatic heterocycles. The quantitative estimate of drug-likeness (QED) is 0.753. The molecule has 106 valence electrons. The molecular weight excluding hydrogens is 322 g/mol. The third kappa shape index (κ3) is 4.75. The lowest BCUT2D eigenvalue weighted by Crippen LogP contribution is -2.29. The minimum Gasteiger partial charge on any atom is -0.324 e. The zero-order valence-corrected chi connectivity index (χ0v) is 12.5. The van der Waals surface area contributed by atoms with Crippen molar-refractivity contribution in [2.75, 3.05) is 18.4 Å². The average molecular weight is 338 g/mol. The third-order valence-corrected chi connectivity index (χ3v) is 3.34. The molecule has 1 aromatic carbocycles. The number of aromatic nitrogens is 3. The SMILES string of the molecule is O=C(CNCCCn1ccnn1)Nc1ccccc1Br. The zero-order valence-electron chi connectivity index (χ0n) is 10.9. The van der Waals surface area contributed by atoms with E-state index in [4.69, 9.17) is 0 Å². The molecule has 6 nitrogen and oxygen atoms in total. The van der Waals surface area contributed by atoms with Crippen LogP contribution in [0, 0.1) is 0 Å². The van der Waals surface area contributed by atoms with Gasteiger partial charge in [0.25, 0.3) is 0 Å². The number of nitrogens with one attached hydrogen (secondary N) is 2. The molecule has 0 aliphatic heterocycles. The Bertz CT molecular complexity index is 543. The van der Waals surface area contributed by atoms with Gasteiger partial charge in [-0.2, -0.15) is 0 Å². The van der Waals surface area contributed by atoms with Crippen LogP contribution in [0.1, 0.15) is 6.42 Å². The first-order valence-corrected chi connectivity index (χ1v) is 7.14. The maximum absolute atomic E-state index is 11.7. The van der Waals surface area contributed by atoms with E-state index in [0.29, 0.717) is 6.54 Å². The number of hydrogen-bond acceptors (Lipinski definition) is 4. The number of rotatable bonds is 7. The van der Waals surface area contributed by atoms with Crippen molar-refractivity contribution >= 4 is 27.5 Å². The molecule has 0 saturated heterocycles. The third-order valence-electron chi connectivity index (χ3n) is 2.65. The van der Waals surface area contributed by atoms with Gasteiger partial charge < -0.3 is 10.6 Å². The van der Waals surface area contributed by atoms with Crippen molar-refractivity contribution in [1.29, 1.82) is 0 Å². The lowest BCUT2D eigenvalue weighted by atomic mass is 10.3. The number of halogens is 1. The van der Waals surface area contributed by atoms with Gasteiger partial charge in [0, 0.05) is 17.2 Å². The molecule has 0 spiro atoms. The highest BCUT2D eigenvalue weighted by atomic mass is 79.9. The smallest absolute Gasteiger partial charge is 0.238 e. The van der Waals surface area contributed by atoms with Gasteiger partial charge in [0.05, 0.1) is 18.4 Å². The Balaban J connectivity index is 1.62. The van der Waals surface area contributed by atoms with Crippen LogP contribution in [0.15, 0.2) is 41.1 Å². The summed E-state index contributed by atoms with van der Waals surface area (Å²) >= 11 is 3.39. The summed E-state index contributed by atoms with van der Waals surface area (Å²) in [5.41, 5.74) is 0.780. The van der Waals surface area contributed by atoms with Crippen molar-refractivity contribution in [3.05, 3.63) is 41.1 Å². The van der Waals surface area contributed by atoms with Crippen LogP contribution in [0.3, 0.4) is 0 Å². The van der Waals surface area contributed by atoms with Crippen LogP contribution < -0.4 is 10.6 Å². The van der Waals surface area contributed by atoms with Gasteiger partial charge in [-0.05, 0) is 41.0 Å². The van der Waals surface area contributed by atoms with E-state index in [0.717, 1.165) is 29.7 Å². The normalized spacial score (nSPS) is 10.4. The Morgan fingerprint density at radius 1 is 1.35 bits per heavy atom. The van der Waals surface area contributed by atoms with E-state index in [-0.39, 0.29) is 5.91 Å². The molecule has 1 amide bonds. The van der Waals surface area contributed by atoms with Gasteiger partial charge in [-0.25, -0.2) is 0 Å². The fourth-order valence-electron chi connectivity index (χ4n) is 1.68. The van der Waals surface area contributed by atoms with E-state index < -0.39 is 0 Å². The number of hydrogen-bond donors (Lipinski definition) is 2. The average Bonchev–Trinajstić information content (AvgIpc) is 2.94. The zero-order chi connectivity index (χ0) is 14.2. The number of amides is 1. The van der Waals surface area contributed by atoms with Gasteiger partial charge in [0.15, 0.2) is 0 Å². The van der Waals surface area contributed by atoms with E-state index in [1.807, 2.05) is 30.5 Å². The van der Waals surface area contributed by atoms with Crippen molar-refractivity contribution in [1.82, 2.24) is 20.3 Å². The number of carbonyl (C=O) groups excluding carboxylic acids is 1. The highest BCUT2D eigenvalue weighted by Gasteiger charge is 2.04. The summed E-state index contributed by atoms with van der Waals surface area (Å²) in [4.78, 5) is 11.7. The summed E-state index contributed by atoms with van der Waals surface area (Å²) in [5, 5.41) is 13.5. The largest absolute Gasteiger partial charge is 0.324 e. The Morgan fingerprint density at radius 3 is 2.95 bits per heavy atom. The monoisotopic (exact) mass is 337 g/mol. The van der Waals surface area contributed by atoms with Gasteiger partial charge >= 0.3 is 0 Å². The van der Waals surface area contributed by atoms with Gasteiger partial charge in [0.1, 0.15) is 0 Å². The summed E-state index contributed by atoms with van der Waals surface area (Å²) in [6, 6.07) is 7.53. The minimum absolute atomic E-state index is 0.0577. The Kier molecular flexibility index (Phi) is 5.69. The Hall–Kier alpha value is -1.73. The summed E-state index contributed by atoms with van der Waals surface area (Å²) < 4.78 is 2.64. The lowest BCUT2D eigenvalue weighted by Gasteiger charge is -2.08. The summed E-state index contributed by atoms with van der Waals surface area (Å²) in [5.74, 6) is -0.0577. The number of para-hydroxylation sites is 1. The molecule has 1 heterocycles. The van der Waals surface area contributed by atoms with Crippen molar-refractivity contribution in [3.8, 4) is 0 Å². The van der Waals surface area contributed by atoms with Crippen LogP contribution in [-0.2, 0) is 11.3 Å². The first kappa shape index (κ1) is 14.7. The first-order valence-electron chi connectivity index (χ1n) is 6.35. The van der Waals surface area contributed by atoms with E-state index in [1.165, 1.54) is 0 Å². The Labute approximate surface area is 125 Å². The molecule has 20 heavy (non-hydrogen) atoms. The van der Waals surface area contributed by atoms with Gasteiger partial charge in [-0.3, -0.25) is 9.48 Å². The van der Waals surface area contributed by atoms with E-state index in [9.17, 15) is 4.79 Å². The molecule has 0 bridgehead atoms. The Morgan fingerprint density at radius 2 is 2.20 bits per heavy atom. The highest BCUT2D eigenvalue weighted by molar-refractivity contribution is 9.10. The molecule has 2 N–H and O–H groups in total. The van der Waals surface area contributed by atoms with Crippen LogP contribution in [0.5, 0.6) is 0 Å². The molecule has 0 unspecified atom stereocenters.